The number of carbonyl (C=O) groups excluding carboxylic acids is 1. The number of methoxy groups -OCH3 is 1. The van der Waals surface area contributed by atoms with Crippen LogP contribution in [0.25, 0.3) is 0 Å². The lowest BCUT2D eigenvalue weighted by atomic mass is 10.2. The molecular formula is C16H10Cl4N2O4S. The Bertz CT molecular complexity index is 929. The molecule has 0 saturated heterocycles. The first-order valence-electron chi connectivity index (χ1n) is 7.01. The van der Waals surface area contributed by atoms with Crippen LogP contribution in [-0.4, -0.2) is 29.2 Å². The zero-order valence-electron chi connectivity index (χ0n) is 13.4. The van der Waals surface area contributed by atoms with Gasteiger partial charge in [0.05, 0.1) is 38.5 Å². The topological polar surface area (TPSA) is 87.7 Å². The highest BCUT2D eigenvalue weighted by Crippen LogP contribution is 2.34. The van der Waals surface area contributed by atoms with E-state index < -0.39 is 11.9 Å². The third-order valence-corrected chi connectivity index (χ3v) is 4.62. The standard InChI is InChI=1S/C16H10Cl4N2O4S/c1-26-13-10(19)2-6(3-11(13)20)14(23)22-16(27)21-12-4-7(15(24)25)8(17)5-9(12)18/h2-5H,1H3,(H,24,25)(H2,21,22,23,27). The Labute approximate surface area is 179 Å². The number of ether oxygens (including phenoxy) is 1. The largest absolute Gasteiger partial charge is 0.494 e. The molecule has 0 aliphatic rings. The molecule has 6 nitrogen and oxygen atoms in total. The first-order valence-corrected chi connectivity index (χ1v) is 8.93. The smallest absolute Gasteiger partial charge is 0.337 e. The van der Waals surface area contributed by atoms with Crippen molar-refractivity contribution >= 4 is 81.3 Å². The molecule has 0 atom stereocenters. The maximum atomic E-state index is 12.3. The molecule has 0 aliphatic carbocycles. The number of hydrogen-bond acceptors (Lipinski definition) is 4. The van der Waals surface area contributed by atoms with Gasteiger partial charge in [-0.15, -0.1) is 0 Å². The molecule has 11 heteroatoms. The Balaban J connectivity index is 2.18. The van der Waals surface area contributed by atoms with Crippen LogP contribution >= 0.6 is 58.6 Å². The number of thiocarbonyl (C=S) groups is 1. The molecule has 0 spiro atoms. The number of halogens is 4. The molecule has 2 rings (SSSR count). The fraction of sp³-hybridized carbons (Fsp3) is 0.0625. The molecule has 0 heterocycles. The van der Waals surface area contributed by atoms with Crippen LogP contribution in [0.1, 0.15) is 20.7 Å². The summed E-state index contributed by atoms with van der Waals surface area (Å²) in [6.45, 7) is 0. The zero-order valence-corrected chi connectivity index (χ0v) is 17.2. The molecule has 3 N–H and O–H groups in total. The van der Waals surface area contributed by atoms with E-state index in [0.29, 0.717) is 0 Å². The summed E-state index contributed by atoms with van der Waals surface area (Å²) in [4.78, 5) is 23.5. The van der Waals surface area contributed by atoms with Gasteiger partial charge in [0.15, 0.2) is 10.9 Å². The van der Waals surface area contributed by atoms with Crippen LogP contribution in [-0.2, 0) is 0 Å². The van der Waals surface area contributed by atoms with E-state index in [4.69, 9.17) is 68.5 Å². The first kappa shape index (κ1) is 21.5. The highest BCUT2D eigenvalue weighted by atomic mass is 35.5. The van der Waals surface area contributed by atoms with Crippen molar-refractivity contribution < 1.29 is 19.4 Å². The molecule has 142 valence electrons. The first-order chi connectivity index (χ1) is 12.6. The molecule has 0 bridgehead atoms. The summed E-state index contributed by atoms with van der Waals surface area (Å²) in [7, 11) is 1.40. The van der Waals surface area contributed by atoms with Gasteiger partial charge in [-0.3, -0.25) is 10.1 Å². The minimum Gasteiger partial charge on any atom is -0.494 e. The highest BCUT2D eigenvalue weighted by molar-refractivity contribution is 7.80. The Morgan fingerprint density at radius 2 is 1.59 bits per heavy atom. The van der Waals surface area contributed by atoms with Crippen molar-refractivity contribution in [3.05, 3.63) is 55.5 Å². The van der Waals surface area contributed by atoms with Gasteiger partial charge in [-0.2, -0.15) is 0 Å². The molecule has 27 heavy (non-hydrogen) atoms. The zero-order chi connectivity index (χ0) is 20.3. The normalized spacial score (nSPS) is 10.3. The van der Waals surface area contributed by atoms with Gasteiger partial charge in [-0.05, 0) is 36.5 Å². The van der Waals surface area contributed by atoms with Gasteiger partial charge >= 0.3 is 5.97 Å². The SMILES string of the molecule is COc1c(Cl)cc(C(=O)NC(=S)Nc2cc(C(=O)O)c(Cl)cc2Cl)cc1Cl. The number of nitrogens with one attached hydrogen (secondary N) is 2. The Morgan fingerprint density at radius 1 is 1.00 bits per heavy atom. The van der Waals surface area contributed by atoms with Crippen LogP contribution in [0.15, 0.2) is 24.3 Å². The third kappa shape index (κ3) is 5.15. The Kier molecular flexibility index (Phi) is 7.13. The van der Waals surface area contributed by atoms with Gasteiger partial charge in [0.25, 0.3) is 5.91 Å². The molecule has 0 fully saturated rings. The van der Waals surface area contributed by atoms with Crippen LogP contribution in [0.3, 0.4) is 0 Å². The van der Waals surface area contributed by atoms with Crippen molar-refractivity contribution in [3.63, 3.8) is 0 Å². The molecule has 0 aliphatic heterocycles. The van der Waals surface area contributed by atoms with Crippen LogP contribution in [0.4, 0.5) is 5.69 Å². The summed E-state index contributed by atoms with van der Waals surface area (Å²) in [5.74, 6) is -1.59. The summed E-state index contributed by atoms with van der Waals surface area (Å²) >= 11 is 28.9. The fourth-order valence-electron chi connectivity index (χ4n) is 2.02. The van der Waals surface area contributed by atoms with Crippen molar-refractivity contribution in [2.45, 2.75) is 0 Å². The number of rotatable bonds is 4. The second-order valence-electron chi connectivity index (χ2n) is 5.00. The third-order valence-electron chi connectivity index (χ3n) is 3.23. The Hall–Kier alpha value is -1.77. The van der Waals surface area contributed by atoms with E-state index in [1.165, 1.54) is 31.4 Å². The van der Waals surface area contributed by atoms with E-state index in [0.717, 1.165) is 0 Å². The van der Waals surface area contributed by atoms with Gasteiger partial charge in [-0.25, -0.2) is 4.79 Å². The summed E-state index contributed by atoms with van der Waals surface area (Å²) in [6.07, 6.45) is 0. The predicted octanol–water partition coefficient (Wildman–Crippen LogP) is 5.13. The number of benzene rings is 2. The number of carbonyl (C=O) groups is 2. The average molecular weight is 468 g/mol. The molecule has 0 radical (unpaired) electrons. The van der Waals surface area contributed by atoms with Crippen molar-refractivity contribution in [1.82, 2.24) is 5.32 Å². The molecule has 1 amide bonds. The minimum atomic E-state index is -1.24. The number of carboxylic acids is 1. The van der Waals surface area contributed by atoms with Crippen LogP contribution < -0.4 is 15.4 Å². The molecule has 0 unspecified atom stereocenters. The molecule has 0 saturated carbocycles. The quantitative estimate of drug-likeness (QED) is 0.540. The lowest BCUT2D eigenvalue weighted by molar-refractivity contribution is 0.0697. The van der Waals surface area contributed by atoms with Crippen molar-refractivity contribution in [2.75, 3.05) is 12.4 Å². The molecule has 2 aromatic carbocycles. The summed E-state index contributed by atoms with van der Waals surface area (Å²) in [5.41, 5.74) is 0.129. The molecule has 2 aromatic rings. The van der Waals surface area contributed by atoms with E-state index in [9.17, 15) is 9.59 Å². The summed E-state index contributed by atoms with van der Waals surface area (Å²) < 4.78 is 5.02. The van der Waals surface area contributed by atoms with E-state index in [-0.39, 0.29) is 47.8 Å². The minimum absolute atomic E-state index is 0.0319. The van der Waals surface area contributed by atoms with Gasteiger partial charge in [0.2, 0.25) is 0 Å². The van der Waals surface area contributed by atoms with Crippen LogP contribution in [0.2, 0.25) is 20.1 Å². The summed E-state index contributed by atoms with van der Waals surface area (Å²) in [6, 6.07) is 5.18. The predicted molar refractivity (Wildman–Crippen MR) is 110 cm³/mol. The van der Waals surface area contributed by atoms with Gasteiger partial charge < -0.3 is 15.2 Å². The number of amides is 1. The number of hydrogen-bond donors (Lipinski definition) is 3. The van der Waals surface area contributed by atoms with E-state index in [1.807, 2.05) is 0 Å². The maximum Gasteiger partial charge on any atom is 0.337 e. The highest BCUT2D eigenvalue weighted by Gasteiger charge is 2.17. The monoisotopic (exact) mass is 466 g/mol. The van der Waals surface area contributed by atoms with Crippen LogP contribution in [0, 0.1) is 0 Å². The summed E-state index contributed by atoms with van der Waals surface area (Å²) in [5, 5.41) is 14.4. The Morgan fingerprint density at radius 3 is 2.11 bits per heavy atom. The number of carboxylic acid groups (broad SMARTS) is 1. The van der Waals surface area contributed by atoms with Crippen molar-refractivity contribution in [2.24, 2.45) is 0 Å². The second kappa shape index (κ2) is 8.95. The second-order valence-corrected chi connectivity index (χ2v) is 7.04. The lowest BCUT2D eigenvalue weighted by Crippen LogP contribution is -2.34. The number of anilines is 1. The van der Waals surface area contributed by atoms with Gasteiger partial charge in [0, 0.05) is 5.56 Å². The fourth-order valence-corrected chi connectivity index (χ4v) is 3.38. The van der Waals surface area contributed by atoms with Gasteiger partial charge in [0.1, 0.15) is 0 Å². The lowest BCUT2D eigenvalue weighted by Gasteiger charge is -2.13. The average Bonchev–Trinajstić information content (AvgIpc) is 2.56. The number of aromatic carboxylic acids is 1. The maximum absolute atomic E-state index is 12.3. The van der Waals surface area contributed by atoms with Crippen LogP contribution in [0.5, 0.6) is 5.75 Å². The van der Waals surface area contributed by atoms with E-state index in [1.54, 1.807) is 0 Å². The van der Waals surface area contributed by atoms with Gasteiger partial charge in [-0.1, -0.05) is 46.4 Å². The molecular weight excluding hydrogens is 458 g/mol. The molecule has 0 aromatic heterocycles. The van der Waals surface area contributed by atoms with Crippen molar-refractivity contribution in [3.8, 4) is 5.75 Å². The van der Waals surface area contributed by atoms with Crippen molar-refractivity contribution in [1.29, 1.82) is 0 Å². The van der Waals surface area contributed by atoms with E-state index >= 15 is 0 Å². The van der Waals surface area contributed by atoms with E-state index in [2.05, 4.69) is 10.6 Å².